The maximum atomic E-state index is 8.50. The number of hydrogen-bond acceptors (Lipinski definition) is 5. The molecule has 0 fully saturated rings. The second-order valence-electron chi connectivity index (χ2n) is 4.32. The van der Waals surface area contributed by atoms with Crippen molar-refractivity contribution in [2.75, 3.05) is 0 Å². The molecular weight excluding hydrogens is 308 g/mol. The van der Waals surface area contributed by atoms with Crippen molar-refractivity contribution in [3.8, 4) is 11.5 Å². The quantitative estimate of drug-likeness (QED) is 0.429. The number of thiophene rings is 1. The molecule has 3 aromatic rings. The zero-order chi connectivity index (χ0) is 14.7. The van der Waals surface area contributed by atoms with E-state index in [-0.39, 0.29) is 0 Å². The van der Waals surface area contributed by atoms with Crippen LogP contribution < -0.4 is 4.74 Å². The van der Waals surface area contributed by atoms with E-state index in [1.165, 1.54) is 6.21 Å². The Hall–Kier alpha value is -2.11. The number of ether oxygens (including phenoxy) is 1. The van der Waals surface area contributed by atoms with Crippen molar-refractivity contribution in [1.29, 1.82) is 0 Å². The van der Waals surface area contributed by atoms with Gasteiger partial charge in [0.1, 0.15) is 5.75 Å². The Labute approximate surface area is 130 Å². The summed E-state index contributed by atoms with van der Waals surface area (Å²) in [4.78, 5) is 5.28. The zero-order valence-electron chi connectivity index (χ0n) is 10.9. The second kappa shape index (κ2) is 6.11. The summed E-state index contributed by atoms with van der Waals surface area (Å²) in [5.41, 5.74) is 0. The van der Waals surface area contributed by atoms with Crippen molar-refractivity contribution >= 4 is 39.2 Å². The Morgan fingerprint density at radius 2 is 2.10 bits per heavy atom. The van der Waals surface area contributed by atoms with Gasteiger partial charge < -0.3 is 9.94 Å². The number of benzene rings is 1. The summed E-state index contributed by atoms with van der Waals surface area (Å²) >= 11 is 7.46. The fourth-order valence-corrected chi connectivity index (χ4v) is 3.06. The molecule has 4 nitrogen and oxygen atoms in total. The van der Waals surface area contributed by atoms with Gasteiger partial charge in [0.15, 0.2) is 5.75 Å². The maximum absolute atomic E-state index is 8.50. The second-order valence-corrected chi connectivity index (χ2v) is 5.93. The van der Waals surface area contributed by atoms with Gasteiger partial charge in [0, 0.05) is 34.1 Å². The third-order valence-corrected chi connectivity index (χ3v) is 4.22. The number of fused-ring (bicyclic) bond motifs is 1. The first kappa shape index (κ1) is 13.9. The first-order valence-electron chi connectivity index (χ1n) is 6.22. The molecule has 0 aliphatic heterocycles. The molecule has 0 amide bonds. The average Bonchev–Trinajstić information content (AvgIpc) is 2.91. The lowest BCUT2D eigenvalue weighted by molar-refractivity contribution is 0.321. The fourth-order valence-electron chi connectivity index (χ4n) is 1.93. The number of pyridine rings is 1. The molecule has 0 unspecified atom stereocenters. The largest absolute Gasteiger partial charge is 0.455 e. The molecule has 1 aromatic carbocycles. The van der Waals surface area contributed by atoms with Crippen LogP contribution in [0, 0.1) is 0 Å². The minimum Gasteiger partial charge on any atom is -0.455 e. The lowest BCUT2D eigenvalue weighted by Gasteiger charge is -2.06. The molecule has 0 aliphatic carbocycles. The molecule has 0 radical (unpaired) electrons. The number of rotatable bonds is 4. The molecule has 0 bridgehead atoms. The summed E-state index contributed by atoms with van der Waals surface area (Å²) in [6.07, 6.45) is 5.52. The highest BCUT2D eigenvalue weighted by Crippen LogP contribution is 2.34. The minimum atomic E-state index is 0.580. The molecular formula is C15H11ClN2O2S. The van der Waals surface area contributed by atoms with Crippen LogP contribution in [-0.4, -0.2) is 16.4 Å². The van der Waals surface area contributed by atoms with Crippen LogP contribution in [0.2, 0.25) is 5.02 Å². The summed E-state index contributed by atoms with van der Waals surface area (Å²) < 4.78 is 6.90. The van der Waals surface area contributed by atoms with Gasteiger partial charge >= 0.3 is 0 Å². The number of nitrogens with zero attached hydrogens (tertiary/aromatic N) is 2. The molecule has 2 aromatic heterocycles. The standard InChI is InChI=1S/C15H11ClN2O2S/c16-10-1-3-11(4-2-10)20-14-8-17-9-15-13(14)7-12(21-15)5-6-18-19/h1-4,6-9,19H,5H2. The molecule has 6 heteroatoms. The van der Waals surface area contributed by atoms with E-state index in [1.807, 2.05) is 18.2 Å². The van der Waals surface area contributed by atoms with Gasteiger partial charge in [-0.3, -0.25) is 4.98 Å². The third kappa shape index (κ3) is 3.15. The predicted molar refractivity (Wildman–Crippen MR) is 85.1 cm³/mol. The Kier molecular flexibility index (Phi) is 4.03. The van der Waals surface area contributed by atoms with Crippen LogP contribution in [0.15, 0.2) is 47.9 Å². The van der Waals surface area contributed by atoms with E-state index in [9.17, 15) is 0 Å². The van der Waals surface area contributed by atoms with Gasteiger partial charge in [-0.15, -0.1) is 16.5 Å². The van der Waals surface area contributed by atoms with E-state index in [1.54, 1.807) is 35.9 Å². The van der Waals surface area contributed by atoms with Gasteiger partial charge in [-0.25, -0.2) is 0 Å². The fraction of sp³-hybridized carbons (Fsp3) is 0.0667. The molecule has 3 rings (SSSR count). The van der Waals surface area contributed by atoms with E-state index in [2.05, 4.69) is 10.1 Å². The Bertz CT molecular complexity index is 784. The van der Waals surface area contributed by atoms with Crippen LogP contribution in [0.1, 0.15) is 4.88 Å². The van der Waals surface area contributed by atoms with E-state index >= 15 is 0 Å². The highest BCUT2D eigenvalue weighted by molar-refractivity contribution is 7.19. The van der Waals surface area contributed by atoms with Crippen LogP contribution in [0.25, 0.3) is 10.1 Å². The van der Waals surface area contributed by atoms with Crippen molar-refractivity contribution in [3.05, 3.63) is 52.6 Å². The SMILES string of the molecule is ON=CCc1cc2c(Oc3ccc(Cl)cc3)cncc2s1. The third-order valence-electron chi connectivity index (χ3n) is 2.88. The summed E-state index contributed by atoms with van der Waals surface area (Å²) in [5.74, 6) is 1.40. The van der Waals surface area contributed by atoms with Gasteiger partial charge in [-0.2, -0.15) is 0 Å². The number of oxime groups is 1. The van der Waals surface area contributed by atoms with Crippen molar-refractivity contribution < 1.29 is 9.94 Å². The Morgan fingerprint density at radius 3 is 2.86 bits per heavy atom. The molecule has 0 atom stereocenters. The van der Waals surface area contributed by atoms with E-state index < -0.39 is 0 Å². The molecule has 2 heterocycles. The lowest BCUT2D eigenvalue weighted by Crippen LogP contribution is -1.85. The Morgan fingerprint density at radius 1 is 1.29 bits per heavy atom. The van der Waals surface area contributed by atoms with Gasteiger partial charge in [0.2, 0.25) is 0 Å². The highest BCUT2D eigenvalue weighted by atomic mass is 35.5. The van der Waals surface area contributed by atoms with E-state index in [0.29, 0.717) is 22.9 Å². The summed E-state index contributed by atoms with van der Waals surface area (Å²) in [6.45, 7) is 0. The van der Waals surface area contributed by atoms with Crippen LogP contribution in [-0.2, 0) is 6.42 Å². The van der Waals surface area contributed by atoms with Gasteiger partial charge in [0.05, 0.1) is 10.9 Å². The zero-order valence-corrected chi connectivity index (χ0v) is 12.4. The Balaban J connectivity index is 1.94. The minimum absolute atomic E-state index is 0.580. The number of halogens is 1. The molecule has 0 aliphatic rings. The summed E-state index contributed by atoms with van der Waals surface area (Å²) in [6, 6.07) is 9.21. The number of hydrogen-bond donors (Lipinski definition) is 1. The summed E-state index contributed by atoms with van der Waals surface area (Å²) in [5, 5.41) is 13.2. The van der Waals surface area contributed by atoms with E-state index in [4.69, 9.17) is 21.5 Å². The molecule has 0 spiro atoms. The monoisotopic (exact) mass is 318 g/mol. The van der Waals surface area contributed by atoms with Crippen LogP contribution in [0.3, 0.4) is 0 Å². The van der Waals surface area contributed by atoms with Crippen molar-refractivity contribution in [1.82, 2.24) is 4.98 Å². The van der Waals surface area contributed by atoms with Crippen molar-refractivity contribution in [3.63, 3.8) is 0 Å². The topological polar surface area (TPSA) is 54.7 Å². The van der Waals surface area contributed by atoms with Crippen molar-refractivity contribution in [2.45, 2.75) is 6.42 Å². The van der Waals surface area contributed by atoms with Crippen molar-refractivity contribution in [2.24, 2.45) is 5.16 Å². The number of aromatic nitrogens is 1. The van der Waals surface area contributed by atoms with E-state index in [0.717, 1.165) is 15.0 Å². The summed E-state index contributed by atoms with van der Waals surface area (Å²) in [7, 11) is 0. The van der Waals surface area contributed by atoms with Crippen LogP contribution in [0.5, 0.6) is 11.5 Å². The first-order chi connectivity index (χ1) is 10.3. The predicted octanol–water partition coefficient (Wildman–Crippen LogP) is 4.74. The maximum Gasteiger partial charge on any atom is 0.154 e. The first-order valence-corrected chi connectivity index (χ1v) is 7.41. The molecule has 0 saturated carbocycles. The van der Waals surface area contributed by atoms with Gasteiger partial charge in [-0.05, 0) is 30.3 Å². The molecule has 106 valence electrons. The van der Waals surface area contributed by atoms with Crippen LogP contribution >= 0.6 is 22.9 Å². The van der Waals surface area contributed by atoms with Gasteiger partial charge in [-0.1, -0.05) is 11.6 Å². The lowest BCUT2D eigenvalue weighted by atomic mass is 10.2. The van der Waals surface area contributed by atoms with Gasteiger partial charge in [0.25, 0.3) is 0 Å². The average molecular weight is 319 g/mol. The molecule has 21 heavy (non-hydrogen) atoms. The smallest absolute Gasteiger partial charge is 0.154 e. The molecule has 1 N–H and O–H groups in total. The highest BCUT2D eigenvalue weighted by Gasteiger charge is 2.08. The van der Waals surface area contributed by atoms with Crippen LogP contribution in [0.4, 0.5) is 0 Å². The molecule has 0 saturated heterocycles. The normalized spacial score (nSPS) is 11.3.